The van der Waals surface area contributed by atoms with E-state index in [0.717, 1.165) is 22.6 Å². The van der Waals surface area contributed by atoms with Gasteiger partial charge in [0.25, 0.3) is 0 Å². The summed E-state index contributed by atoms with van der Waals surface area (Å²) < 4.78 is 7.27. The summed E-state index contributed by atoms with van der Waals surface area (Å²) in [5.74, 6) is 0. The number of nitrogens with zero attached hydrogens (tertiary/aromatic N) is 2. The van der Waals surface area contributed by atoms with Crippen LogP contribution in [0.15, 0.2) is 60.7 Å². The number of hydrogen-bond donors (Lipinski definition) is 1. The van der Waals surface area contributed by atoms with Gasteiger partial charge in [-0.05, 0) is 30.3 Å². The Labute approximate surface area is 146 Å². The van der Waals surface area contributed by atoms with Crippen molar-refractivity contribution in [3.8, 4) is 16.9 Å². The summed E-state index contributed by atoms with van der Waals surface area (Å²) in [5.41, 5.74) is 3.93. The highest BCUT2D eigenvalue weighted by Crippen LogP contribution is 2.26. The summed E-state index contributed by atoms with van der Waals surface area (Å²) in [4.78, 5) is 0. The molecule has 0 unspecified atom stereocenters. The zero-order valence-corrected chi connectivity index (χ0v) is 14.0. The number of aliphatic hydroxyl groups excluding tert-OH is 1. The first-order valence-electron chi connectivity index (χ1n) is 7.87. The van der Waals surface area contributed by atoms with E-state index in [-0.39, 0.29) is 6.61 Å². The van der Waals surface area contributed by atoms with Gasteiger partial charge in [0.1, 0.15) is 0 Å². The molecule has 0 bridgehead atoms. The molecule has 0 atom stereocenters. The van der Waals surface area contributed by atoms with Crippen LogP contribution < -0.4 is 0 Å². The second-order valence-electron chi connectivity index (χ2n) is 5.36. The van der Waals surface area contributed by atoms with Crippen LogP contribution in [0.2, 0.25) is 5.02 Å². The van der Waals surface area contributed by atoms with Crippen LogP contribution >= 0.6 is 11.6 Å². The lowest BCUT2D eigenvalue weighted by atomic mass is 10.1. The molecular weight excluding hydrogens is 324 g/mol. The predicted molar refractivity (Wildman–Crippen MR) is 95.6 cm³/mol. The lowest BCUT2D eigenvalue weighted by Gasteiger charge is -2.07. The molecule has 5 heteroatoms. The molecule has 0 aliphatic carbocycles. The fourth-order valence-corrected chi connectivity index (χ4v) is 2.71. The van der Waals surface area contributed by atoms with E-state index in [9.17, 15) is 0 Å². The minimum atomic E-state index is 0.0339. The number of para-hydroxylation sites is 1. The quantitative estimate of drug-likeness (QED) is 0.665. The summed E-state index contributed by atoms with van der Waals surface area (Å²) in [6.45, 7) is 0.911. The molecule has 3 aromatic rings. The van der Waals surface area contributed by atoms with Crippen molar-refractivity contribution in [3.05, 3.63) is 71.4 Å². The van der Waals surface area contributed by atoms with Crippen LogP contribution in [0.3, 0.4) is 0 Å². The van der Waals surface area contributed by atoms with Gasteiger partial charge in [-0.15, -0.1) is 0 Å². The molecule has 1 N–H and O–H groups in total. The normalized spacial score (nSPS) is 10.9. The summed E-state index contributed by atoms with van der Waals surface area (Å²) in [6.07, 6.45) is 0.688. The molecular formula is C19H19ClN2O2. The third-order valence-corrected chi connectivity index (χ3v) is 3.85. The molecule has 1 heterocycles. The number of ether oxygens (including phenoxy) is 1. The van der Waals surface area contributed by atoms with Gasteiger partial charge in [0.15, 0.2) is 0 Å². The molecule has 1 aromatic heterocycles. The van der Waals surface area contributed by atoms with Crippen molar-refractivity contribution in [2.45, 2.75) is 6.42 Å². The number of benzene rings is 2. The molecule has 0 saturated carbocycles. The largest absolute Gasteiger partial charge is 0.394 e. The monoisotopic (exact) mass is 342 g/mol. The summed E-state index contributed by atoms with van der Waals surface area (Å²) in [5, 5.41) is 14.2. The number of hydrogen-bond acceptors (Lipinski definition) is 3. The Bertz CT molecular complexity index is 787. The van der Waals surface area contributed by atoms with Crippen LogP contribution in [-0.4, -0.2) is 34.7 Å². The van der Waals surface area contributed by atoms with Gasteiger partial charge in [0.2, 0.25) is 0 Å². The van der Waals surface area contributed by atoms with Crippen molar-refractivity contribution in [1.29, 1.82) is 0 Å². The van der Waals surface area contributed by atoms with Gasteiger partial charge >= 0.3 is 0 Å². The molecule has 0 amide bonds. The molecule has 0 radical (unpaired) electrons. The standard InChI is InChI=1S/C19H19ClN2O2/c20-16-6-4-5-15(13-16)19-14-17(9-11-24-12-10-23)21-22(19)18-7-2-1-3-8-18/h1-8,13-14,23H,9-12H2. The molecule has 0 aliphatic heterocycles. The second-order valence-corrected chi connectivity index (χ2v) is 5.80. The third kappa shape index (κ3) is 4.03. The highest BCUT2D eigenvalue weighted by molar-refractivity contribution is 6.30. The van der Waals surface area contributed by atoms with E-state index in [4.69, 9.17) is 26.5 Å². The fourth-order valence-electron chi connectivity index (χ4n) is 2.52. The molecule has 0 fully saturated rings. The smallest absolute Gasteiger partial charge is 0.0744 e. The van der Waals surface area contributed by atoms with E-state index in [0.29, 0.717) is 24.7 Å². The zero-order chi connectivity index (χ0) is 16.8. The Morgan fingerprint density at radius 2 is 1.83 bits per heavy atom. The maximum atomic E-state index is 8.78. The van der Waals surface area contributed by atoms with Gasteiger partial charge in [-0.3, -0.25) is 0 Å². The van der Waals surface area contributed by atoms with Gasteiger partial charge in [-0.1, -0.05) is 41.9 Å². The van der Waals surface area contributed by atoms with Crippen LogP contribution in [0.4, 0.5) is 0 Å². The van der Waals surface area contributed by atoms with Crippen LogP contribution in [0.25, 0.3) is 16.9 Å². The Morgan fingerprint density at radius 1 is 1.00 bits per heavy atom. The topological polar surface area (TPSA) is 47.3 Å². The van der Waals surface area contributed by atoms with Gasteiger partial charge in [0.05, 0.1) is 36.9 Å². The van der Waals surface area contributed by atoms with E-state index in [1.165, 1.54) is 0 Å². The molecule has 24 heavy (non-hydrogen) atoms. The lowest BCUT2D eigenvalue weighted by Crippen LogP contribution is -2.04. The van der Waals surface area contributed by atoms with E-state index in [1.54, 1.807) is 0 Å². The van der Waals surface area contributed by atoms with Crippen LogP contribution in [-0.2, 0) is 11.2 Å². The molecule has 124 valence electrons. The molecule has 3 rings (SSSR count). The Balaban J connectivity index is 1.94. The molecule has 4 nitrogen and oxygen atoms in total. The van der Waals surface area contributed by atoms with Crippen LogP contribution in [0, 0.1) is 0 Å². The summed E-state index contributed by atoms with van der Waals surface area (Å²) >= 11 is 6.14. The summed E-state index contributed by atoms with van der Waals surface area (Å²) in [7, 11) is 0. The van der Waals surface area contributed by atoms with E-state index in [2.05, 4.69) is 6.07 Å². The van der Waals surface area contributed by atoms with Gasteiger partial charge in [-0.2, -0.15) is 5.10 Å². The molecule has 2 aromatic carbocycles. The van der Waals surface area contributed by atoms with Crippen molar-refractivity contribution in [2.24, 2.45) is 0 Å². The fraction of sp³-hybridized carbons (Fsp3) is 0.211. The maximum absolute atomic E-state index is 8.78. The first-order valence-corrected chi connectivity index (χ1v) is 8.24. The molecule has 0 saturated heterocycles. The maximum Gasteiger partial charge on any atom is 0.0744 e. The van der Waals surface area contributed by atoms with Gasteiger partial charge < -0.3 is 9.84 Å². The van der Waals surface area contributed by atoms with E-state index in [1.807, 2.05) is 59.3 Å². The second kappa shape index (κ2) is 8.11. The lowest BCUT2D eigenvalue weighted by molar-refractivity contribution is 0.0940. The van der Waals surface area contributed by atoms with Gasteiger partial charge in [0, 0.05) is 17.0 Å². The highest BCUT2D eigenvalue weighted by atomic mass is 35.5. The predicted octanol–water partition coefficient (Wildman–Crippen LogP) is 3.74. The average molecular weight is 343 g/mol. The number of aliphatic hydroxyl groups is 1. The number of rotatable bonds is 7. The zero-order valence-electron chi connectivity index (χ0n) is 13.2. The van der Waals surface area contributed by atoms with E-state index >= 15 is 0 Å². The van der Waals surface area contributed by atoms with Crippen molar-refractivity contribution >= 4 is 11.6 Å². The van der Waals surface area contributed by atoms with Gasteiger partial charge in [-0.25, -0.2) is 4.68 Å². The van der Waals surface area contributed by atoms with Crippen molar-refractivity contribution < 1.29 is 9.84 Å². The Kier molecular flexibility index (Phi) is 5.64. The first kappa shape index (κ1) is 16.7. The Morgan fingerprint density at radius 3 is 2.58 bits per heavy atom. The minimum Gasteiger partial charge on any atom is -0.394 e. The number of aromatic nitrogens is 2. The molecule has 0 spiro atoms. The number of halogens is 1. The minimum absolute atomic E-state index is 0.0339. The van der Waals surface area contributed by atoms with Crippen molar-refractivity contribution in [3.63, 3.8) is 0 Å². The molecule has 0 aliphatic rings. The van der Waals surface area contributed by atoms with Crippen molar-refractivity contribution in [1.82, 2.24) is 9.78 Å². The SMILES string of the molecule is OCCOCCc1cc(-c2cccc(Cl)c2)n(-c2ccccc2)n1. The Hall–Kier alpha value is -2.14. The van der Waals surface area contributed by atoms with Crippen LogP contribution in [0.5, 0.6) is 0 Å². The van der Waals surface area contributed by atoms with E-state index < -0.39 is 0 Å². The third-order valence-electron chi connectivity index (χ3n) is 3.62. The summed E-state index contributed by atoms with van der Waals surface area (Å²) in [6, 6.07) is 19.8. The first-order chi connectivity index (χ1) is 11.8. The van der Waals surface area contributed by atoms with Crippen molar-refractivity contribution in [2.75, 3.05) is 19.8 Å². The average Bonchev–Trinajstić information content (AvgIpc) is 3.04. The highest BCUT2D eigenvalue weighted by Gasteiger charge is 2.12. The van der Waals surface area contributed by atoms with Crippen LogP contribution in [0.1, 0.15) is 5.69 Å².